The van der Waals surface area contributed by atoms with Gasteiger partial charge >= 0.3 is 5.97 Å². The molecule has 0 saturated carbocycles. The topological polar surface area (TPSA) is 136 Å². The van der Waals surface area contributed by atoms with E-state index >= 15 is 0 Å². The molecule has 0 unspecified atom stereocenters. The molecule has 37 heavy (non-hydrogen) atoms. The third kappa shape index (κ3) is 7.80. The average molecular weight is 508 g/mol. The molecule has 1 aliphatic heterocycles. The van der Waals surface area contributed by atoms with Gasteiger partial charge in [-0.2, -0.15) is 0 Å². The van der Waals surface area contributed by atoms with Crippen molar-refractivity contribution in [3.63, 3.8) is 0 Å². The summed E-state index contributed by atoms with van der Waals surface area (Å²) in [5.74, 6) is 0.461. The normalized spacial score (nSPS) is 14.3. The molecule has 1 atom stereocenters. The first kappa shape index (κ1) is 26.7. The van der Waals surface area contributed by atoms with E-state index in [0.717, 1.165) is 56.7 Å². The number of aliphatic carboxylic acids is 1. The predicted molar refractivity (Wildman–Crippen MR) is 144 cm³/mol. The van der Waals surface area contributed by atoms with E-state index in [0.29, 0.717) is 36.4 Å². The third-order valence-electron chi connectivity index (χ3n) is 6.46. The summed E-state index contributed by atoms with van der Waals surface area (Å²) in [4.78, 5) is 31.7. The number of nitrogens with one attached hydrogen (secondary N) is 2. The number of hydrogen-bond donors (Lipinski definition) is 4. The number of pyridine rings is 2. The van der Waals surface area contributed by atoms with E-state index in [1.165, 1.54) is 11.9 Å². The Morgan fingerprint density at radius 3 is 2.86 bits per heavy atom. The number of unbranched alkanes of at least 4 members (excludes halogenated alkanes) is 1. The van der Waals surface area contributed by atoms with Crippen LogP contribution in [0.5, 0.6) is 0 Å². The van der Waals surface area contributed by atoms with E-state index in [1.54, 1.807) is 26.1 Å². The highest BCUT2D eigenvalue weighted by atomic mass is 16.4. The Morgan fingerprint density at radius 1 is 1.19 bits per heavy atom. The van der Waals surface area contributed by atoms with Crippen molar-refractivity contribution in [2.75, 3.05) is 36.8 Å². The van der Waals surface area contributed by atoms with E-state index in [-0.39, 0.29) is 0 Å². The van der Waals surface area contributed by atoms with E-state index in [9.17, 15) is 15.0 Å². The highest BCUT2D eigenvalue weighted by Crippen LogP contribution is 2.21. The van der Waals surface area contributed by atoms with Crippen LogP contribution in [0.2, 0.25) is 0 Å². The Bertz CT molecular complexity index is 1190. The number of rotatable bonds is 13. The lowest BCUT2D eigenvalue weighted by Crippen LogP contribution is -2.42. The number of carboxylic acid groups (broad SMARTS) is 1. The number of aromatic nitrogens is 4. The average Bonchev–Trinajstić information content (AvgIpc) is 2.87. The van der Waals surface area contributed by atoms with Crippen molar-refractivity contribution in [2.24, 2.45) is 0 Å². The Morgan fingerprint density at radius 2 is 2.05 bits per heavy atom. The Balaban J connectivity index is 1.33. The molecule has 0 spiro atoms. The minimum atomic E-state index is -0.960. The zero-order valence-corrected chi connectivity index (χ0v) is 21.7. The lowest BCUT2D eigenvalue weighted by atomic mass is 10.1. The molecule has 4 heterocycles. The maximum atomic E-state index is 12.1. The van der Waals surface area contributed by atoms with Gasteiger partial charge in [-0.1, -0.05) is 6.07 Å². The van der Waals surface area contributed by atoms with Crippen LogP contribution in [0.25, 0.3) is 11.0 Å². The van der Waals surface area contributed by atoms with Gasteiger partial charge in [0.05, 0.1) is 11.1 Å². The molecule has 0 radical (unpaired) electrons. The van der Waals surface area contributed by atoms with Crippen LogP contribution in [0, 0.1) is 0 Å². The van der Waals surface area contributed by atoms with Crippen molar-refractivity contribution in [3.8, 4) is 0 Å². The van der Waals surface area contributed by atoms with Crippen LogP contribution in [-0.2, 0) is 17.6 Å². The number of carboxylic acids is 1. The van der Waals surface area contributed by atoms with Gasteiger partial charge < -0.3 is 25.7 Å². The molecule has 0 saturated heterocycles. The molecule has 1 aliphatic rings. The van der Waals surface area contributed by atoms with Crippen LogP contribution in [0.3, 0.4) is 0 Å². The SMILES string of the molecule is CC(C)(O)CN(CCCCc1ccc2c(n1)NCCC2)CC[C@H](Nc1ncnc2cccnc12)C(=O)O. The summed E-state index contributed by atoms with van der Waals surface area (Å²) in [7, 11) is 0. The molecule has 3 aromatic rings. The summed E-state index contributed by atoms with van der Waals surface area (Å²) in [5, 5.41) is 26.7. The number of carbonyl (C=O) groups is 1. The fourth-order valence-electron chi connectivity index (χ4n) is 4.70. The Hall–Kier alpha value is -3.37. The lowest BCUT2D eigenvalue weighted by molar-refractivity contribution is -0.138. The molecule has 198 valence electrons. The Labute approximate surface area is 217 Å². The van der Waals surface area contributed by atoms with Gasteiger partial charge in [-0.05, 0) is 82.7 Å². The number of aryl methyl sites for hydroxylation is 2. The third-order valence-corrected chi connectivity index (χ3v) is 6.46. The number of aliphatic hydroxyl groups is 1. The second kappa shape index (κ2) is 12.2. The molecule has 10 nitrogen and oxygen atoms in total. The zero-order valence-electron chi connectivity index (χ0n) is 21.7. The van der Waals surface area contributed by atoms with Crippen molar-refractivity contribution in [3.05, 3.63) is 48.0 Å². The summed E-state index contributed by atoms with van der Waals surface area (Å²) in [6.07, 6.45) is 8.39. The van der Waals surface area contributed by atoms with Gasteiger partial charge in [0.15, 0.2) is 5.82 Å². The minimum Gasteiger partial charge on any atom is -0.480 e. The highest BCUT2D eigenvalue weighted by molar-refractivity contribution is 5.87. The molecule has 0 aromatic carbocycles. The summed E-state index contributed by atoms with van der Waals surface area (Å²) >= 11 is 0. The van der Waals surface area contributed by atoms with Crippen molar-refractivity contribution in [1.29, 1.82) is 0 Å². The van der Waals surface area contributed by atoms with E-state index in [1.807, 2.05) is 6.07 Å². The number of anilines is 2. The zero-order chi connectivity index (χ0) is 26.3. The molecule has 4 N–H and O–H groups in total. The molecule has 10 heteroatoms. The summed E-state index contributed by atoms with van der Waals surface area (Å²) < 4.78 is 0. The van der Waals surface area contributed by atoms with Gasteiger partial charge in [-0.15, -0.1) is 0 Å². The van der Waals surface area contributed by atoms with Crippen molar-refractivity contribution in [1.82, 2.24) is 24.8 Å². The Kier molecular flexibility index (Phi) is 8.83. The van der Waals surface area contributed by atoms with Crippen LogP contribution >= 0.6 is 0 Å². The minimum absolute atomic E-state index is 0.349. The number of nitrogens with zero attached hydrogens (tertiary/aromatic N) is 5. The largest absolute Gasteiger partial charge is 0.480 e. The first-order valence-corrected chi connectivity index (χ1v) is 13.0. The van der Waals surface area contributed by atoms with Crippen LogP contribution in [0.1, 0.15) is 50.8 Å². The van der Waals surface area contributed by atoms with Gasteiger partial charge in [0.25, 0.3) is 0 Å². The smallest absolute Gasteiger partial charge is 0.326 e. The highest BCUT2D eigenvalue weighted by Gasteiger charge is 2.23. The van der Waals surface area contributed by atoms with E-state index < -0.39 is 17.6 Å². The van der Waals surface area contributed by atoms with E-state index in [4.69, 9.17) is 4.98 Å². The van der Waals surface area contributed by atoms with Gasteiger partial charge in [-0.25, -0.2) is 19.7 Å². The lowest BCUT2D eigenvalue weighted by Gasteiger charge is -2.30. The summed E-state index contributed by atoms with van der Waals surface area (Å²) in [5.41, 5.74) is 2.68. The fraction of sp³-hybridized carbons (Fsp3) is 0.519. The molecule has 0 amide bonds. The quantitative estimate of drug-likeness (QED) is 0.255. The van der Waals surface area contributed by atoms with Crippen LogP contribution in [0.15, 0.2) is 36.8 Å². The van der Waals surface area contributed by atoms with Crippen LogP contribution < -0.4 is 10.6 Å². The van der Waals surface area contributed by atoms with Crippen LogP contribution in [-0.4, -0.2) is 78.8 Å². The molecule has 0 aliphatic carbocycles. The molecule has 3 aromatic heterocycles. The molecule has 4 rings (SSSR count). The van der Waals surface area contributed by atoms with Gasteiger partial charge in [-0.3, -0.25) is 4.98 Å². The maximum absolute atomic E-state index is 12.1. The van der Waals surface area contributed by atoms with Gasteiger partial charge in [0, 0.05) is 31.5 Å². The predicted octanol–water partition coefficient (Wildman–Crippen LogP) is 3.13. The maximum Gasteiger partial charge on any atom is 0.326 e. The molecule has 0 bridgehead atoms. The monoisotopic (exact) mass is 507 g/mol. The van der Waals surface area contributed by atoms with Crippen molar-refractivity contribution < 1.29 is 15.0 Å². The first-order valence-electron chi connectivity index (χ1n) is 13.0. The standard InChI is InChI=1S/C27H37N7O3/c1-27(2,37)17-34(15-4-3-8-20-11-10-19-7-5-14-29-24(19)32-20)16-12-22(26(35)36)33-25-23-21(30-18-31-25)9-6-13-28-23/h6,9-11,13,18,22,37H,3-5,7-8,12,14-17H2,1-2H3,(H,29,32)(H,35,36)(H,30,31,33)/t22-/m0/s1. The fourth-order valence-corrected chi connectivity index (χ4v) is 4.70. The molecular formula is C27H37N7O3. The second-order valence-corrected chi connectivity index (χ2v) is 10.3. The van der Waals surface area contributed by atoms with Crippen LogP contribution in [0.4, 0.5) is 11.6 Å². The first-order chi connectivity index (χ1) is 17.8. The summed E-state index contributed by atoms with van der Waals surface area (Å²) in [6, 6.07) is 7.04. The number of hydrogen-bond acceptors (Lipinski definition) is 9. The van der Waals surface area contributed by atoms with E-state index in [2.05, 4.69) is 42.6 Å². The van der Waals surface area contributed by atoms with Crippen molar-refractivity contribution >= 4 is 28.6 Å². The van der Waals surface area contributed by atoms with Gasteiger partial charge in [0.2, 0.25) is 0 Å². The number of fused-ring (bicyclic) bond motifs is 2. The van der Waals surface area contributed by atoms with Crippen molar-refractivity contribution in [2.45, 2.75) is 64.0 Å². The second-order valence-electron chi connectivity index (χ2n) is 10.3. The molecular weight excluding hydrogens is 470 g/mol. The molecule has 0 fully saturated rings. The van der Waals surface area contributed by atoms with Gasteiger partial charge in [0.1, 0.15) is 23.7 Å². The summed E-state index contributed by atoms with van der Waals surface area (Å²) in [6.45, 7) is 6.26.